The highest BCUT2D eigenvalue weighted by Gasteiger charge is 2.29. The summed E-state index contributed by atoms with van der Waals surface area (Å²) < 4.78 is 1.97. The number of carbonyl (C=O) groups excluding carboxylic acids is 2. The zero-order chi connectivity index (χ0) is 22.1. The van der Waals surface area contributed by atoms with Gasteiger partial charge < -0.3 is 15.2 Å². The lowest BCUT2D eigenvalue weighted by Gasteiger charge is -2.10. The fraction of sp³-hybridized carbons (Fsp3) is 0.125. The van der Waals surface area contributed by atoms with E-state index >= 15 is 0 Å². The zero-order valence-electron chi connectivity index (χ0n) is 16.9. The van der Waals surface area contributed by atoms with E-state index in [0.29, 0.717) is 17.1 Å². The van der Waals surface area contributed by atoms with Gasteiger partial charge in [-0.1, -0.05) is 6.07 Å². The first-order valence-electron chi connectivity index (χ1n) is 10.2. The lowest BCUT2D eigenvalue weighted by molar-refractivity contribution is -0.117. The predicted molar refractivity (Wildman–Crippen MR) is 119 cm³/mol. The van der Waals surface area contributed by atoms with Crippen LogP contribution in [0.2, 0.25) is 0 Å². The molecule has 0 saturated heterocycles. The molecule has 5 rings (SSSR count). The van der Waals surface area contributed by atoms with Gasteiger partial charge in [0.25, 0.3) is 5.91 Å². The Hall–Kier alpha value is -4.51. The van der Waals surface area contributed by atoms with Crippen molar-refractivity contribution in [2.75, 3.05) is 10.6 Å². The molecule has 1 fully saturated rings. The second-order valence-corrected chi connectivity index (χ2v) is 7.58. The Bertz CT molecular complexity index is 1400. The first-order chi connectivity index (χ1) is 15.6. The van der Waals surface area contributed by atoms with Crippen LogP contribution in [0.5, 0.6) is 0 Å². The van der Waals surface area contributed by atoms with Crippen molar-refractivity contribution in [3.8, 4) is 11.8 Å². The lowest BCUT2D eigenvalue weighted by atomic mass is 10.2. The molecule has 0 aliphatic heterocycles. The molecule has 1 saturated carbocycles. The van der Waals surface area contributed by atoms with Gasteiger partial charge in [0.1, 0.15) is 17.6 Å². The minimum atomic E-state index is -0.321. The first kappa shape index (κ1) is 19.5. The van der Waals surface area contributed by atoms with Gasteiger partial charge in [-0.3, -0.25) is 9.59 Å². The zero-order valence-corrected chi connectivity index (χ0v) is 16.9. The largest absolute Gasteiger partial charge is 0.321 e. The van der Waals surface area contributed by atoms with E-state index in [1.807, 2.05) is 53.2 Å². The van der Waals surface area contributed by atoms with Gasteiger partial charge in [0, 0.05) is 41.5 Å². The van der Waals surface area contributed by atoms with Gasteiger partial charge in [-0.2, -0.15) is 5.26 Å². The second kappa shape index (κ2) is 7.96. The smallest absolute Gasteiger partial charge is 0.255 e. The highest BCUT2D eigenvalue weighted by atomic mass is 16.2. The van der Waals surface area contributed by atoms with Crippen LogP contribution >= 0.6 is 0 Å². The number of nitrogens with one attached hydrogen (secondary N) is 2. The molecule has 2 N–H and O–H groups in total. The van der Waals surface area contributed by atoms with E-state index in [1.54, 1.807) is 12.3 Å². The van der Waals surface area contributed by atoms with Crippen LogP contribution in [0.4, 0.5) is 11.5 Å². The minimum Gasteiger partial charge on any atom is -0.321 e. The monoisotopic (exact) mass is 422 g/mol. The van der Waals surface area contributed by atoms with Gasteiger partial charge in [0.05, 0.1) is 16.9 Å². The van der Waals surface area contributed by atoms with Gasteiger partial charge in [-0.25, -0.2) is 9.97 Å². The number of fused-ring (bicyclic) bond motifs is 1. The van der Waals surface area contributed by atoms with E-state index in [1.165, 1.54) is 12.3 Å². The summed E-state index contributed by atoms with van der Waals surface area (Å²) in [6.07, 6.45) is 6.86. The number of hydrogen-bond acceptors (Lipinski definition) is 5. The number of anilines is 2. The van der Waals surface area contributed by atoms with E-state index in [9.17, 15) is 9.59 Å². The lowest BCUT2D eigenvalue weighted by Crippen LogP contribution is -2.14. The summed E-state index contributed by atoms with van der Waals surface area (Å²) in [6, 6.07) is 16.2. The van der Waals surface area contributed by atoms with Crippen molar-refractivity contribution in [1.82, 2.24) is 14.5 Å². The summed E-state index contributed by atoms with van der Waals surface area (Å²) in [5.74, 6) is 0.297. The van der Waals surface area contributed by atoms with Crippen molar-refractivity contribution >= 4 is 34.2 Å². The van der Waals surface area contributed by atoms with E-state index in [0.717, 1.165) is 29.4 Å². The molecule has 156 valence electrons. The molecular formula is C24H18N6O2. The number of nitrogens with zero attached hydrogens (tertiary/aromatic N) is 4. The summed E-state index contributed by atoms with van der Waals surface area (Å²) >= 11 is 0. The number of rotatable bonds is 5. The molecule has 32 heavy (non-hydrogen) atoms. The summed E-state index contributed by atoms with van der Waals surface area (Å²) in [6.45, 7) is 0. The normalized spacial score (nSPS) is 12.8. The van der Waals surface area contributed by atoms with Crippen molar-refractivity contribution in [3.05, 3.63) is 78.4 Å². The molecule has 1 aliphatic rings. The number of amides is 2. The second-order valence-electron chi connectivity index (χ2n) is 7.58. The Balaban J connectivity index is 1.44. The van der Waals surface area contributed by atoms with E-state index in [4.69, 9.17) is 5.26 Å². The standard InChI is InChI=1S/C24H18N6O2/c25-14-17-12-16(6-9-26-17)24(32)28-20-2-1-3-21-19(20)8-11-30(21)18-7-10-27-22(13-18)29-23(31)15-4-5-15/h1-3,6-13,15H,4-5H2,(H,28,32)(H,27,29,31). The van der Waals surface area contributed by atoms with Gasteiger partial charge in [0.2, 0.25) is 5.91 Å². The van der Waals surface area contributed by atoms with Crippen LogP contribution in [0.25, 0.3) is 16.6 Å². The summed E-state index contributed by atoms with van der Waals surface area (Å²) in [4.78, 5) is 32.9. The SMILES string of the molecule is N#Cc1cc(C(=O)Nc2cccc3c2ccn3-c2ccnc(NC(=O)C3CC3)c2)ccn1. The van der Waals surface area contributed by atoms with Crippen molar-refractivity contribution < 1.29 is 9.59 Å². The molecule has 4 aromatic rings. The molecule has 0 radical (unpaired) electrons. The summed E-state index contributed by atoms with van der Waals surface area (Å²) in [5, 5.41) is 15.7. The molecule has 1 aromatic carbocycles. The van der Waals surface area contributed by atoms with Crippen LogP contribution in [0, 0.1) is 17.2 Å². The molecule has 0 bridgehead atoms. The third-order valence-corrected chi connectivity index (χ3v) is 5.34. The average Bonchev–Trinajstić information content (AvgIpc) is 3.58. The Morgan fingerprint density at radius 2 is 1.88 bits per heavy atom. The highest BCUT2D eigenvalue weighted by molar-refractivity contribution is 6.09. The number of hydrogen-bond donors (Lipinski definition) is 2. The molecule has 0 atom stereocenters. The number of carbonyl (C=O) groups is 2. The van der Waals surface area contributed by atoms with Crippen molar-refractivity contribution in [2.24, 2.45) is 5.92 Å². The third-order valence-electron chi connectivity index (χ3n) is 5.34. The Kier molecular flexibility index (Phi) is 4.84. The summed E-state index contributed by atoms with van der Waals surface area (Å²) in [7, 11) is 0. The number of benzene rings is 1. The van der Waals surface area contributed by atoms with E-state index in [-0.39, 0.29) is 23.4 Å². The predicted octanol–water partition coefficient (Wildman–Crippen LogP) is 3.89. The maximum absolute atomic E-state index is 12.7. The van der Waals surface area contributed by atoms with Crippen LogP contribution < -0.4 is 10.6 Å². The third kappa shape index (κ3) is 3.79. The molecule has 1 aliphatic carbocycles. The molecular weight excluding hydrogens is 404 g/mol. The number of aromatic nitrogens is 3. The maximum atomic E-state index is 12.7. The fourth-order valence-electron chi connectivity index (χ4n) is 3.54. The van der Waals surface area contributed by atoms with Crippen molar-refractivity contribution in [3.63, 3.8) is 0 Å². The molecule has 2 amide bonds. The minimum absolute atomic E-state index is 0.00711. The Labute approximate surface area is 183 Å². The topological polar surface area (TPSA) is 113 Å². The molecule has 8 nitrogen and oxygen atoms in total. The number of pyridine rings is 2. The van der Waals surface area contributed by atoms with Crippen LogP contribution in [-0.2, 0) is 4.79 Å². The quantitative estimate of drug-likeness (QED) is 0.507. The Morgan fingerprint density at radius 3 is 2.69 bits per heavy atom. The first-order valence-corrected chi connectivity index (χ1v) is 10.2. The molecule has 8 heteroatoms. The van der Waals surface area contributed by atoms with E-state index < -0.39 is 0 Å². The van der Waals surface area contributed by atoms with Crippen molar-refractivity contribution in [2.45, 2.75) is 12.8 Å². The Morgan fingerprint density at radius 1 is 1.03 bits per heavy atom. The van der Waals surface area contributed by atoms with Gasteiger partial charge in [-0.05, 0) is 49.2 Å². The van der Waals surface area contributed by atoms with Crippen LogP contribution in [-0.4, -0.2) is 26.3 Å². The molecule has 0 spiro atoms. The molecule has 3 heterocycles. The van der Waals surface area contributed by atoms with Gasteiger partial charge in [-0.15, -0.1) is 0 Å². The number of nitriles is 1. The highest BCUT2D eigenvalue weighted by Crippen LogP contribution is 2.31. The van der Waals surface area contributed by atoms with Crippen LogP contribution in [0.3, 0.4) is 0 Å². The van der Waals surface area contributed by atoms with Crippen LogP contribution in [0.1, 0.15) is 28.9 Å². The van der Waals surface area contributed by atoms with Gasteiger partial charge in [0.15, 0.2) is 0 Å². The maximum Gasteiger partial charge on any atom is 0.255 e. The molecule has 3 aromatic heterocycles. The molecule has 0 unspecified atom stereocenters. The average molecular weight is 422 g/mol. The van der Waals surface area contributed by atoms with Crippen LogP contribution in [0.15, 0.2) is 67.1 Å². The van der Waals surface area contributed by atoms with E-state index in [2.05, 4.69) is 20.6 Å². The van der Waals surface area contributed by atoms with Crippen molar-refractivity contribution in [1.29, 1.82) is 5.26 Å². The fourth-order valence-corrected chi connectivity index (χ4v) is 3.54. The van der Waals surface area contributed by atoms with Gasteiger partial charge >= 0.3 is 0 Å². The summed E-state index contributed by atoms with van der Waals surface area (Å²) in [5.41, 5.74) is 2.93.